The molecule has 0 saturated carbocycles. The van der Waals surface area contributed by atoms with Crippen LogP contribution in [0.2, 0.25) is 0 Å². The van der Waals surface area contributed by atoms with Crippen molar-refractivity contribution in [1.82, 2.24) is 0 Å². The standard InChI is InChI=1S/C7H16N2O3S/c1-2-4-13(9,12)5-3-6(8)7(10)11/h6,9H,2-5,8H2,1H3,(H,10,11)/t6-,13-/m0/s1. The third kappa shape index (κ3) is 5.59. The van der Waals surface area contributed by atoms with E-state index in [4.69, 9.17) is 15.6 Å². The van der Waals surface area contributed by atoms with Crippen molar-refractivity contribution in [3.8, 4) is 0 Å². The Hall–Kier alpha value is -0.620. The SMILES string of the molecule is CCC[S@](=N)(=O)CC[C@H](N)C(=O)O. The van der Waals surface area contributed by atoms with E-state index < -0.39 is 21.7 Å². The molecule has 0 amide bonds. The fourth-order valence-corrected chi connectivity index (χ4v) is 2.37. The first-order valence-corrected chi connectivity index (χ1v) is 6.01. The van der Waals surface area contributed by atoms with E-state index in [9.17, 15) is 9.00 Å². The Labute approximate surface area is 78.3 Å². The fraction of sp³-hybridized carbons (Fsp3) is 0.857. The molecule has 0 bridgehead atoms. The summed E-state index contributed by atoms with van der Waals surface area (Å²) in [4.78, 5) is 10.3. The molecule has 0 radical (unpaired) electrons. The first-order valence-electron chi connectivity index (χ1n) is 4.11. The van der Waals surface area contributed by atoms with Crippen molar-refractivity contribution in [2.75, 3.05) is 11.5 Å². The lowest BCUT2D eigenvalue weighted by Crippen LogP contribution is -2.32. The lowest BCUT2D eigenvalue weighted by molar-refractivity contribution is -0.138. The van der Waals surface area contributed by atoms with Gasteiger partial charge in [0.05, 0.1) is 0 Å². The van der Waals surface area contributed by atoms with Crippen molar-refractivity contribution in [1.29, 1.82) is 4.78 Å². The van der Waals surface area contributed by atoms with Crippen molar-refractivity contribution in [2.24, 2.45) is 5.73 Å². The topological polar surface area (TPSA) is 104 Å². The first kappa shape index (κ1) is 12.4. The smallest absolute Gasteiger partial charge is 0.320 e. The first-order chi connectivity index (χ1) is 5.89. The van der Waals surface area contributed by atoms with Crippen LogP contribution in [0.3, 0.4) is 0 Å². The van der Waals surface area contributed by atoms with Crippen molar-refractivity contribution in [3.63, 3.8) is 0 Å². The van der Waals surface area contributed by atoms with Gasteiger partial charge in [0.2, 0.25) is 0 Å². The molecule has 0 unspecified atom stereocenters. The Morgan fingerprint density at radius 2 is 2.15 bits per heavy atom. The minimum atomic E-state index is -2.60. The maximum absolute atomic E-state index is 11.3. The van der Waals surface area contributed by atoms with Crippen molar-refractivity contribution >= 4 is 15.7 Å². The van der Waals surface area contributed by atoms with Crippen LogP contribution in [-0.4, -0.2) is 32.8 Å². The second kappa shape index (κ2) is 5.18. The number of hydrogen-bond acceptors (Lipinski definition) is 4. The van der Waals surface area contributed by atoms with Gasteiger partial charge in [-0.15, -0.1) is 0 Å². The number of nitrogens with two attached hydrogens (primary N) is 1. The molecule has 78 valence electrons. The van der Waals surface area contributed by atoms with Gasteiger partial charge in [-0.05, 0) is 12.8 Å². The fourth-order valence-electron chi connectivity index (χ4n) is 0.873. The van der Waals surface area contributed by atoms with E-state index in [2.05, 4.69) is 0 Å². The van der Waals surface area contributed by atoms with E-state index >= 15 is 0 Å². The van der Waals surface area contributed by atoms with Gasteiger partial charge in [0, 0.05) is 21.2 Å². The van der Waals surface area contributed by atoms with E-state index in [1.54, 1.807) is 0 Å². The van der Waals surface area contributed by atoms with E-state index in [1.165, 1.54) is 0 Å². The molecule has 0 aromatic carbocycles. The van der Waals surface area contributed by atoms with Crippen molar-refractivity contribution < 1.29 is 14.1 Å². The second-order valence-electron chi connectivity index (χ2n) is 2.95. The van der Waals surface area contributed by atoms with Gasteiger partial charge in [0.25, 0.3) is 0 Å². The van der Waals surface area contributed by atoms with Gasteiger partial charge in [-0.3, -0.25) is 9.57 Å². The number of carboxylic acids is 1. The molecule has 0 aliphatic rings. The lowest BCUT2D eigenvalue weighted by Gasteiger charge is -2.08. The average molecular weight is 208 g/mol. The third-order valence-electron chi connectivity index (χ3n) is 1.61. The van der Waals surface area contributed by atoms with E-state index in [0.717, 1.165) is 0 Å². The summed E-state index contributed by atoms with van der Waals surface area (Å²) in [6, 6.07) is -0.997. The second-order valence-corrected chi connectivity index (χ2v) is 5.39. The summed E-state index contributed by atoms with van der Waals surface area (Å²) in [7, 11) is -2.60. The Morgan fingerprint density at radius 3 is 2.54 bits per heavy atom. The molecule has 0 aromatic rings. The molecule has 4 N–H and O–H groups in total. The largest absolute Gasteiger partial charge is 0.480 e. The van der Waals surface area contributed by atoms with Gasteiger partial charge in [-0.25, -0.2) is 4.21 Å². The van der Waals surface area contributed by atoms with Gasteiger partial charge in [0.1, 0.15) is 6.04 Å². The highest BCUT2D eigenvalue weighted by molar-refractivity contribution is 7.92. The molecule has 6 heteroatoms. The van der Waals surface area contributed by atoms with Crippen LogP contribution in [-0.2, 0) is 14.5 Å². The molecule has 0 aromatic heterocycles. The Kier molecular flexibility index (Phi) is 4.94. The van der Waals surface area contributed by atoms with Crippen LogP contribution in [0.15, 0.2) is 0 Å². The third-order valence-corrected chi connectivity index (χ3v) is 3.57. The highest BCUT2D eigenvalue weighted by Crippen LogP contribution is 2.00. The molecule has 0 aliphatic heterocycles. The van der Waals surface area contributed by atoms with Crippen molar-refractivity contribution in [2.45, 2.75) is 25.8 Å². The molecule has 0 spiro atoms. The minimum Gasteiger partial charge on any atom is -0.480 e. The molecule has 0 aliphatic carbocycles. The maximum atomic E-state index is 11.3. The molecular weight excluding hydrogens is 192 g/mol. The summed E-state index contributed by atoms with van der Waals surface area (Å²) < 4.78 is 18.7. The number of carbonyl (C=O) groups is 1. The van der Waals surface area contributed by atoms with Gasteiger partial charge in [0.15, 0.2) is 0 Å². The van der Waals surface area contributed by atoms with E-state index in [1.807, 2.05) is 6.92 Å². The number of rotatable bonds is 6. The minimum absolute atomic E-state index is 0.0777. The van der Waals surface area contributed by atoms with Crippen LogP contribution >= 0.6 is 0 Å². The van der Waals surface area contributed by atoms with Gasteiger partial charge < -0.3 is 10.8 Å². The zero-order valence-corrected chi connectivity index (χ0v) is 8.47. The summed E-state index contributed by atoms with van der Waals surface area (Å²) >= 11 is 0. The molecule has 0 heterocycles. The Bertz CT molecular complexity index is 261. The number of carboxylic acid groups (broad SMARTS) is 1. The van der Waals surface area contributed by atoms with Crippen LogP contribution in [0.25, 0.3) is 0 Å². The highest BCUT2D eigenvalue weighted by Gasteiger charge is 2.14. The van der Waals surface area contributed by atoms with Crippen LogP contribution < -0.4 is 5.73 Å². The van der Waals surface area contributed by atoms with E-state index in [0.29, 0.717) is 12.2 Å². The average Bonchev–Trinajstić information content (AvgIpc) is 2.00. The van der Waals surface area contributed by atoms with Gasteiger partial charge in [-0.2, -0.15) is 0 Å². The number of nitrogens with one attached hydrogen (secondary N) is 1. The number of hydrogen-bond donors (Lipinski definition) is 3. The normalized spacial score (nSPS) is 17.7. The van der Waals surface area contributed by atoms with Crippen molar-refractivity contribution in [3.05, 3.63) is 0 Å². The molecule has 0 fully saturated rings. The Balaban J connectivity index is 3.95. The monoisotopic (exact) mass is 208 g/mol. The summed E-state index contributed by atoms with van der Waals surface area (Å²) in [6.07, 6.45) is 0.780. The summed E-state index contributed by atoms with van der Waals surface area (Å²) in [5.41, 5.74) is 5.21. The van der Waals surface area contributed by atoms with Gasteiger partial charge >= 0.3 is 5.97 Å². The van der Waals surface area contributed by atoms with Crippen LogP contribution in [0, 0.1) is 4.78 Å². The molecular formula is C7H16N2O3S. The molecule has 5 nitrogen and oxygen atoms in total. The molecule has 0 saturated heterocycles. The zero-order valence-electron chi connectivity index (χ0n) is 7.66. The van der Waals surface area contributed by atoms with Crippen LogP contribution in [0.1, 0.15) is 19.8 Å². The van der Waals surface area contributed by atoms with Crippen LogP contribution in [0.4, 0.5) is 0 Å². The zero-order chi connectivity index (χ0) is 10.5. The summed E-state index contributed by atoms with van der Waals surface area (Å²) in [5, 5.41) is 8.43. The highest BCUT2D eigenvalue weighted by atomic mass is 32.2. The lowest BCUT2D eigenvalue weighted by atomic mass is 10.2. The predicted octanol–water partition coefficient (Wildman–Crippen LogP) is 0.245. The quantitative estimate of drug-likeness (QED) is 0.581. The predicted molar refractivity (Wildman–Crippen MR) is 51.1 cm³/mol. The maximum Gasteiger partial charge on any atom is 0.320 e. The van der Waals surface area contributed by atoms with Gasteiger partial charge in [-0.1, -0.05) is 6.92 Å². The molecule has 13 heavy (non-hydrogen) atoms. The van der Waals surface area contributed by atoms with Crippen LogP contribution in [0.5, 0.6) is 0 Å². The number of aliphatic carboxylic acids is 1. The molecule has 0 rings (SSSR count). The molecule has 2 atom stereocenters. The summed E-state index contributed by atoms with van der Waals surface area (Å²) in [5.74, 6) is -0.708. The summed E-state index contributed by atoms with van der Waals surface area (Å²) in [6.45, 7) is 1.84. The van der Waals surface area contributed by atoms with E-state index in [-0.39, 0.29) is 12.2 Å². The Morgan fingerprint density at radius 1 is 1.62 bits per heavy atom.